The quantitative estimate of drug-likeness (QED) is 0.836. The topological polar surface area (TPSA) is 35.5 Å². The molecule has 2 aliphatic heterocycles. The Morgan fingerprint density at radius 3 is 2.30 bits per heavy atom. The van der Waals surface area contributed by atoms with Gasteiger partial charge in [-0.25, -0.2) is 4.98 Å². The number of hydrogen-bond donors (Lipinski definition) is 0. The lowest BCUT2D eigenvalue weighted by molar-refractivity contribution is 0.270. The van der Waals surface area contributed by atoms with Crippen molar-refractivity contribution in [3.8, 4) is 0 Å². The van der Waals surface area contributed by atoms with Crippen LogP contribution >= 0.6 is 0 Å². The van der Waals surface area contributed by atoms with Crippen molar-refractivity contribution in [2.24, 2.45) is 0 Å². The van der Waals surface area contributed by atoms with Crippen LogP contribution in [0, 0.1) is 6.92 Å². The summed E-state index contributed by atoms with van der Waals surface area (Å²) in [5.41, 5.74) is 1.08. The van der Waals surface area contributed by atoms with Gasteiger partial charge in [0.25, 0.3) is 0 Å². The Balaban J connectivity index is 1.76. The third-order valence-corrected chi connectivity index (χ3v) is 4.36. The summed E-state index contributed by atoms with van der Waals surface area (Å²) in [6.45, 7) is 12.0. The number of aryl methyl sites for hydroxylation is 1. The Labute approximate surface area is 121 Å². The van der Waals surface area contributed by atoms with Gasteiger partial charge in [0.05, 0.1) is 0 Å². The van der Waals surface area contributed by atoms with Gasteiger partial charge in [-0.05, 0) is 26.3 Å². The SMILES string of the molecule is CCN1CCN(c2nc(C)cc(N3CCCC3)n2)CC1. The lowest BCUT2D eigenvalue weighted by atomic mass is 10.3. The van der Waals surface area contributed by atoms with Crippen molar-refractivity contribution < 1.29 is 0 Å². The maximum absolute atomic E-state index is 4.81. The van der Waals surface area contributed by atoms with E-state index in [0.717, 1.165) is 63.3 Å². The minimum absolute atomic E-state index is 0.919. The molecule has 0 amide bonds. The van der Waals surface area contributed by atoms with Crippen LogP contribution in [0.2, 0.25) is 0 Å². The molecule has 110 valence electrons. The van der Waals surface area contributed by atoms with Crippen molar-refractivity contribution in [1.29, 1.82) is 0 Å². The van der Waals surface area contributed by atoms with E-state index < -0.39 is 0 Å². The van der Waals surface area contributed by atoms with Crippen LogP contribution < -0.4 is 9.80 Å². The van der Waals surface area contributed by atoms with Gasteiger partial charge in [0, 0.05) is 51.0 Å². The van der Waals surface area contributed by atoms with Crippen LogP contribution in [0.15, 0.2) is 6.07 Å². The summed E-state index contributed by atoms with van der Waals surface area (Å²) in [7, 11) is 0. The lowest BCUT2D eigenvalue weighted by Gasteiger charge is -2.34. The molecule has 2 fully saturated rings. The molecule has 0 radical (unpaired) electrons. The Hall–Kier alpha value is -1.36. The Bertz CT molecular complexity index is 448. The van der Waals surface area contributed by atoms with Crippen molar-refractivity contribution in [2.45, 2.75) is 26.7 Å². The van der Waals surface area contributed by atoms with E-state index in [4.69, 9.17) is 4.98 Å². The molecular weight excluding hydrogens is 250 g/mol. The number of hydrogen-bond acceptors (Lipinski definition) is 5. The summed E-state index contributed by atoms with van der Waals surface area (Å²) in [5.74, 6) is 2.03. The van der Waals surface area contributed by atoms with Gasteiger partial charge in [-0.1, -0.05) is 6.92 Å². The molecule has 1 aromatic heterocycles. The fraction of sp³-hybridized carbons (Fsp3) is 0.733. The van der Waals surface area contributed by atoms with Crippen molar-refractivity contribution in [3.63, 3.8) is 0 Å². The molecule has 1 aromatic rings. The first-order valence-corrected chi connectivity index (χ1v) is 7.84. The third kappa shape index (κ3) is 2.87. The molecule has 3 heterocycles. The molecule has 0 unspecified atom stereocenters. The van der Waals surface area contributed by atoms with Crippen LogP contribution in [-0.2, 0) is 0 Å². The Kier molecular flexibility index (Phi) is 4.05. The van der Waals surface area contributed by atoms with E-state index in [2.05, 4.69) is 39.6 Å². The highest BCUT2D eigenvalue weighted by Crippen LogP contribution is 2.22. The summed E-state index contributed by atoms with van der Waals surface area (Å²) >= 11 is 0. The second-order valence-corrected chi connectivity index (χ2v) is 5.78. The van der Waals surface area contributed by atoms with Gasteiger partial charge in [-0.3, -0.25) is 0 Å². The van der Waals surface area contributed by atoms with Gasteiger partial charge in [0.15, 0.2) is 0 Å². The number of piperazine rings is 1. The zero-order valence-electron chi connectivity index (χ0n) is 12.7. The second-order valence-electron chi connectivity index (χ2n) is 5.78. The zero-order chi connectivity index (χ0) is 13.9. The molecule has 5 nitrogen and oxygen atoms in total. The van der Waals surface area contributed by atoms with Crippen molar-refractivity contribution in [3.05, 3.63) is 11.8 Å². The van der Waals surface area contributed by atoms with Crippen LogP contribution in [0.5, 0.6) is 0 Å². The highest BCUT2D eigenvalue weighted by Gasteiger charge is 2.20. The summed E-state index contributed by atoms with van der Waals surface area (Å²) in [6.07, 6.45) is 2.57. The van der Waals surface area contributed by atoms with E-state index in [0.29, 0.717) is 0 Å². The molecular formula is C15H25N5. The molecule has 2 aliphatic rings. The number of rotatable bonds is 3. The number of likely N-dealkylation sites (N-methyl/N-ethyl adjacent to an activating group) is 1. The van der Waals surface area contributed by atoms with Gasteiger partial charge in [-0.15, -0.1) is 0 Å². The number of aromatic nitrogens is 2. The molecule has 5 heteroatoms. The van der Waals surface area contributed by atoms with E-state index in [1.54, 1.807) is 0 Å². The van der Waals surface area contributed by atoms with Crippen LogP contribution in [-0.4, -0.2) is 60.7 Å². The molecule has 2 saturated heterocycles. The van der Waals surface area contributed by atoms with Gasteiger partial charge < -0.3 is 14.7 Å². The normalized spacial score (nSPS) is 20.7. The maximum atomic E-state index is 4.81. The molecule has 3 rings (SSSR count). The first-order chi connectivity index (χ1) is 9.76. The first-order valence-electron chi connectivity index (χ1n) is 7.84. The average molecular weight is 275 g/mol. The summed E-state index contributed by atoms with van der Waals surface area (Å²) in [4.78, 5) is 16.7. The minimum atomic E-state index is 0.919. The van der Waals surface area contributed by atoms with Crippen LogP contribution in [0.25, 0.3) is 0 Å². The molecule has 0 atom stereocenters. The number of anilines is 2. The molecule has 0 aromatic carbocycles. The van der Waals surface area contributed by atoms with Gasteiger partial charge in [0.2, 0.25) is 5.95 Å². The monoisotopic (exact) mass is 275 g/mol. The van der Waals surface area contributed by atoms with Crippen molar-refractivity contribution in [2.75, 3.05) is 55.6 Å². The molecule has 0 spiro atoms. The minimum Gasteiger partial charge on any atom is -0.356 e. The van der Waals surface area contributed by atoms with E-state index in [-0.39, 0.29) is 0 Å². The van der Waals surface area contributed by atoms with E-state index in [9.17, 15) is 0 Å². The van der Waals surface area contributed by atoms with Crippen LogP contribution in [0.1, 0.15) is 25.5 Å². The Morgan fingerprint density at radius 2 is 1.65 bits per heavy atom. The lowest BCUT2D eigenvalue weighted by Crippen LogP contribution is -2.46. The van der Waals surface area contributed by atoms with Gasteiger partial charge in [-0.2, -0.15) is 4.98 Å². The van der Waals surface area contributed by atoms with Crippen molar-refractivity contribution >= 4 is 11.8 Å². The smallest absolute Gasteiger partial charge is 0.227 e. The third-order valence-electron chi connectivity index (χ3n) is 4.36. The summed E-state index contributed by atoms with van der Waals surface area (Å²) in [5, 5.41) is 0. The van der Waals surface area contributed by atoms with Gasteiger partial charge in [0.1, 0.15) is 5.82 Å². The summed E-state index contributed by atoms with van der Waals surface area (Å²) < 4.78 is 0. The highest BCUT2D eigenvalue weighted by atomic mass is 15.3. The fourth-order valence-corrected chi connectivity index (χ4v) is 3.05. The average Bonchev–Trinajstić information content (AvgIpc) is 3.01. The van der Waals surface area contributed by atoms with Crippen molar-refractivity contribution in [1.82, 2.24) is 14.9 Å². The predicted molar refractivity (Wildman–Crippen MR) is 82.5 cm³/mol. The van der Waals surface area contributed by atoms with Crippen LogP contribution in [0.3, 0.4) is 0 Å². The van der Waals surface area contributed by atoms with E-state index in [1.165, 1.54) is 12.8 Å². The van der Waals surface area contributed by atoms with Gasteiger partial charge >= 0.3 is 0 Å². The molecule has 0 bridgehead atoms. The number of nitrogens with zero attached hydrogens (tertiary/aromatic N) is 5. The maximum Gasteiger partial charge on any atom is 0.227 e. The van der Waals surface area contributed by atoms with E-state index in [1.807, 2.05) is 0 Å². The van der Waals surface area contributed by atoms with Crippen LogP contribution in [0.4, 0.5) is 11.8 Å². The molecule has 0 N–H and O–H groups in total. The standard InChI is InChI=1S/C15H25N5/c1-3-18-8-10-20(11-9-18)15-16-13(2)12-14(17-15)19-6-4-5-7-19/h12H,3-11H2,1-2H3. The Morgan fingerprint density at radius 1 is 0.950 bits per heavy atom. The molecule has 20 heavy (non-hydrogen) atoms. The second kappa shape index (κ2) is 5.95. The zero-order valence-corrected chi connectivity index (χ0v) is 12.7. The predicted octanol–water partition coefficient (Wildman–Crippen LogP) is 1.53. The molecule has 0 saturated carbocycles. The largest absolute Gasteiger partial charge is 0.356 e. The highest BCUT2D eigenvalue weighted by molar-refractivity contribution is 5.46. The first kappa shape index (κ1) is 13.6. The molecule has 0 aliphatic carbocycles. The summed E-state index contributed by atoms with van der Waals surface area (Å²) in [6, 6.07) is 2.12. The fourth-order valence-electron chi connectivity index (χ4n) is 3.05. The van der Waals surface area contributed by atoms with E-state index >= 15 is 0 Å².